The van der Waals surface area contributed by atoms with Gasteiger partial charge in [0.1, 0.15) is 12.1 Å². The van der Waals surface area contributed by atoms with Crippen molar-refractivity contribution in [3.05, 3.63) is 0 Å². The Kier molecular flexibility index (Phi) is 8.08. The van der Waals surface area contributed by atoms with Gasteiger partial charge < -0.3 is 22.1 Å². The van der Waals surface area contributed by atoms with E-state index in [9.17, 15) is 14.4 Å². The van der Waals surface area contributed by atoms with Crippen molar-refractivity contribution in [3.8, 4) is 0 Å². The maximum absolute atomic E-state index is 12.4. The molecule has 0 aliphatic rings. The van der Waals surface area contributed by atoms with E-state index in [0.29, 0.717) is 0 Å². The van der Waals surface area contributed by atoms with Gasteiger partial charge in [-0.15, -0.1) is 0 Å². The second-order valence-corrected chi connectivity index (χ2v) is 6.63. The molecule has 0 fully saturated rings. The van der Waals surface area contributed by atoms with Crippen molar-refractivity contribution in [1.82, 2.24) is 10.6 Å². The predicted molar refractivity (Wildman–Crippen MR) is 85.5 cm³/mol. The molecule has 7 nitrogen and oxygen atoms in total. The smallest absolute Gasteiger partial charge is 0.243 e. The largest absolute Gasteiger partial charge is 0.368 e. The van der Waals surface area contributed by atoms with Crippen LogP contribution in [0.25, 0.3) is 0 Å². The first-order chi connectivity index (χ1) is 9.98. The summed E-state index contributed by atoms with van der Waals surface area (Å²) in [7, 11) is 0. The van der Waals surface area contributed by atoms with Crippen molar-refractivity contribution in [2.75, 3.05) is 0 Å². The molecule has 0 bridgehead atoms. The lowest BCUT2D eigenvalue weighted by Crippen LogP contribution is -2.58. The zero-order valence-corrected chi connectivity index (χ0v) is 14.3. The highest BCUT2D eigenvalue weighted by Gasteiger charge is 2.30. The molecule has 0 unspecified atom stereocenters. The summed E-state index contributed by atoms with van der Waals surface area (Å²) in [6, 6.07) is -2.23. The van der Waals surface area contributed by atoms with Crippen LogP contribution in [0, 0.1) is 17.8 Å². The molecule has 0 aliphatic carbocycles. The molecule has 3 atom stereocenters. The first-order valence-electron chi connectivity index (χ1n) is 7.64. The Bertz CT molecular complexity index is 408. The third kappa shape index (κ3) is 6.01. The normalized spacial score (nSPS) is 15.5. The Hall–Kier alpha value is -1.63. The van der Waals surface area contributed by atoms with Gasteiger partial charge in [0.25, 0.3) is 0 Å². The van der Waals surface area contributed by atoms with Gasteiger partial charge in [-0.25, -0.2) is 0 Å². The summed E-state index contributed by atoms with van der Waals surface area (Å²) in [6.45, 7) is 10.8. The minimum atomic E-state index is -0.774. The fourth-order valence-electron chi connectivity index (χ4n) is 1.90. The molecule has 0 heterocycles. The van der Waals surface area contributed by atoms with Gasteiger partial charge in [-0.3, -0.25) is 14.4 Å². The Morgan fingerprint density at radius 3 is 1.45 bits per heavy atom. The molecular weight excluding hydrogens is 284 g/mol. The lowest BCUT2D eigenvalue weighted by Gasteiger charge is -2.27. The number of primary amides is 1. The number of nitrogens with one attached hydrogen (secondary N) is 2. The van der Waals surface area contributed by atoms with Crippen LogP contribution in [-0.2, 0) is 14.4 Å². The summed E-state index contributed by atoms with van der Waals surface area (Å²) in [6.07, 6.45) is 0. The molecule has 0 saturated heterocycles. The number of carbonyl (C=O) groups is 3. The van der Waals surface area contributed by atoms with E-state index in [1.807, 2.05) is 13.8 Å². The highest BCUT2D eigenvalue weighted by atomic mass is 16.2. The summed E-state index contributed by atoms with van der Waals surface area (Å²) in [4.78, 5) is 35.8. The minimum Gasteiger partial charge on any atom is -0.368 e. The van der Waals surface area contributed by atoms with Crippen LogP contribution in [0.1, 0.15) is 41.5 Å². The molecule has 0 aromatic heterocycles. The van der Waals surface area contributed by atoms with Gasteiger partial charge in [-0.05, 0) is 17.8 Å². The highest BCUT2D eigenvalue weighted by Crippen LogP contribution is 2.07. The van der Waals surface area contributed by atoms with Crippen LogP contribution in [0.3, 0.4) is 0 Å². The van der Waals surface area contributed by atoms with E-state index < -0.39 is 29.9 Å². The second-order valence-electron chi connectivity index (χ2n) is 6.63. The predicted octanol–water partition coefficient (Wildman–Crippen LogP) is -0.263. The maximum Gasteiger partial charge on any atom is 0.243 e. The highest BCUT2D eigenvalue weighted by molar-refractivity contribution is 5.92. The SMILES string of the molecule is CC(C)[C@H](N)C(=O)N[C@H](C(=O)N[C@H](C(N)=O)C(C)C)C(C)C. The molecule has 0 spiro atoms. The molecule has 0 radical (unpaired) electrons. The Morgan fingerprint density at radius 2 is 1.14 bits per heavy atom. The summed E-state index contributed by atoms with van der Waals surface area (Å²) < 4.78 is 0. The van der Waals surface area contributed by atoms with E-state index in [-0.39, 0.29) is 23.7 Å². The molecule has 0 aromatic rings. The van der Waals surface area contributed by atoms with Gasteiger partial charge in [-0.1, -0.05) is 41.5 Å². The van der Waals surface area contributed by atoms with E-state index in [1.165, 1.54) is 0 Å². The Labute approximate surface area is 132 Å². The molecule has 6 N–H and O–H groups in total. The molecule has 128 valence electrons. The van der Waals surface area contributed by atoms with Crippen molar-refractivity contribution in [2.24, 2.45) is 29.2 Å². The summed E-state index contributed by atoms with van der Waals surface area (Å²) in [5, 5.41) is 5.25. The number of hydrogen-bond acceptors (Lipinski definition) is 4. The summed E-state index contributed by atoms with van der Waals surface area (Å²) in [5.74, 6) is -1.74. The topological polar surface area (TPSA) is 127 Å². The quantitative estimate of drug-likeness (QED) is 0.492. The van der Waals surface area contributed by atoms with Gasteiger partial charge in [-0.2, -0.15) is 0 Å². The average Bonchev–Trinajstić information content (AvgIpc) is 2.39. The second kappa shape index (κ2) is 8.73. The van der Waals surface area contributed by atoms with E-state index in [2.05, 4.69) is 10.6 Å². The van der Waals surface area contributed by atoms with Crippen molar-refractivity contribution in [3.63, 3.8) is 0 Å². The standard InChI is InChI=1S/C15H30N4O3/c1-7(2)10(16)14(21)19-12(9(5)6)15(22)18-11(8(3)4)13(17)20/h7-12H,16H2,1-6H3,(H2,17,20)(H,18,22)(H,19,21)/t10-,11-,12-/m0/s1. The number of nitrogens with two attached hydrogens (primary N) is 2. The number of amides is 3. The van der Waals surface area contributed by atoms with Crippen LogP contribution in [-0.4, -0.2) is 35.8 Å². The molecule has 3 amide bonds. The first kappa shape index (κ1) is 20.4. The van der Waals surface area contributed by atoms with E-state index in [4.69, 9.17) is 11.5 Å². The van der Waals surface area contributed by atoms with E-state index in [1.54, 1.807) is 27.7 Å². The maximum atomic E-state index is 12.4. The summed E-state index contributed by atoms with van der Waals surface area (Å²) in [5.41, 5.74) is 11.1. The van der Waals surface area contributed by atoms with E-state index >= 15 is 0 Å². The monoisotopic (exact) mass is 314 g/mol. The van der Waals surface area contributed by atoms with Crippen LogP contribution in [0.2, 0.25) is 0 Å². The zero-order valence-electron chi connectivity index (χ0n) is 14.3. The van der Waals surface area contributed by atoms with Crippen LogP contribution in [0.5, 0.6) is 0 Å². The van der Waals surface area contributed by atoms with Crippen LogP contribution in [0.15, 0.2) is 0 Å². The number of hydrogen-bond donors (Lipinski definition) is 4. The van der Waals surface area contributed by atoms with Crippen LogP contribution in [0.4, 0.5) is 0 Å². The molecule has 0 aliphatic heterocycles. The molecule has 0 aromatic carbocycles. The molecule has 0 rings (SSSR count). The Balaban J connectivity index is 4.99. The average molecular weight is 314 g/mol. The summed E-state index contributed by atoms with van der Waals surface area (Å²) >= 11 is 0. The van der Waals surface area contributed by atoms with Gasteiger partial charge in [0, 0.05) is 0 Å². The van der Waals surface area contributed by atoms with Crippen molar-refractivity contribution in [2.45, 2.75) is 59.7 Å². The van der Waals surface area contributed by atoms with Crippen LogP contribution >= 0.6 is 0 Å². The third-order valence-electron chi connectivity index (χ3n) is 3.54. The van der Waals surface area contributed by atoms with Crippen molar-refractivity contribution >= 4 is 17.7 Å². The number of rotatable bonds is 8. The molecule has 0 saturated carbocycles. The van der Waals surface area contributed by atoms with Gasteiger partial charge in [0.2, 0.25) is 17.7 Å². The lowest BCUT2D eigenvalue weighted by molar-refractivity contribution is -0.133. The Morgan fingerprint density at radius 1 is 0.727 bits per heavy atom. The van der Waals surface area contributed by atoms with E-state index in [0.717, 1.165) is 0 Å². The number of carbonyl (C=O) groups excluding carboxylic acids is 3. The van der Waals surface area contributed by atoms with Crippen LogP contribution < -0.4 is 22.1 Å². The molecular formula is C15H30N4O3. The third-order valence-corrected chi connectivity index (χ3v) is 3.54. The minimum absolute atomic E-state index is 0.0371. The molecule has 22 heavy (non-hydrogen) atoms. The zero-order chi connectivity index (χ0) is 17.6. The first-order valence-corrected chi connectivity index (χ1v) is 7.64. The van der Waals surface area contributed by atoms with Crippen molar-refractivity contribution < 1.29 is 14.4 Å². The fourth-order valence-corrected chi connectivity index (χ4v) is 1.90. The molecule has 7 heteroatoms. The lowest BCUT2D eigenvalue weighted by atomic mass is 9.98. The van der Waals surface area contributed by atoms with Crippen molar-refractivity contribution in [1.29, 1.82) is 0 Å². The van der Waals surface area contributed by atoms with Gasteiger partial charge in [0.05, 0.1) is 6.04 Å². The van der Waals surface area contributed by atoms with Gasteiger partial charge in [0.15, 0.2) is 0 Å². The van der Waals surface area contributed by atoms with Gasteiger partial charge >= 0.3 is 0 Å². The fraction of sp³-hybridized carbons (Fsp3) is 0.800.